The quantitative estimate of drug-likeness (QED) is 0.180. The average Bonchev–Trinajstić information content (AvgIpc) is 2.87. The summed E-state index contributed by atoms with van der Waals surface area (Å²) < 4.78 is 0. The molecule has 38 heavy (non-hydrogen) atoms. The van der Waals surface area contributed by atoms with Crippen LogP contribution in [0.25, 0.3) is 0 Å². The second-order valence-electron chi connectivity index (χ2n) is 9.23. The first-order valence-electron chi connectivity index (χ1n) is 11.8. The van der Waals surface area contributed by atoms with Gasteiger partial charge < -0.3 is 27.4 Å². The van der Waals surface area contributed by atoms with Crippen molar-refractivity contribution in [3.8, 4) is 0 Å². The Bertz CT molecular complexity index is 1180. The number of rotatable bonds is 11. The Balaban J connectivity index is 1.81. The monoisotopic (exact) mass is 598 g/mol. The van der Waals surface area contributed by atoms with Crippen LogP contribution in [0.15, 0.2) is 48.5 Å². The van der Waals surface area contributed by atoms with E-state index in [1.54, 1.807) is 36.4 Å². The van der Waals surface area contributed by atoms with Crippen molar-refractivity contribution in [2.24, 2.45) is 5.73 Å². The van der Waals surface area contributed by atoms with Gasteiger partial charge in [-0.05, 0) is 72.9 Å². The molecule has 3 aromatic carbocycles. The molecule has 0 aliphatic rings. The van der Waals surface area contributed by atoms with E-state index in [1.165, 1.54) is 0 Å². The molecule has 0 heterocycles. The summed E-state index contributed by atoms with van der Waals surface area (Å²) in [6, 6.07) is 13.3. The molecule has 1 amide bonds. The van der Waals surface area contributed by atoms with E-state index < -0.39 is 18.1 Å². The molecule has 0 aromatic heterocycles. The Labute approximate surface area is 242 Å². The fourth-order valence-corrected chi connectivity index (χ4v) is 5.08. The summed E-state index contributed by atoms with van der Waals surface area (Å²) in [7, 11) is 0. The molecule has 8 N–H and O–H groups in total. The van der Waals surface area contributed by atoms with Crippen LogP contribution in [0.1, 0.15) is 52.6 Å². The number of hydrogen-bond donors (Lipinski definition) is 5. The highest BCUT2D eigenvalue weighted by molar-refractivity contribution is 6.39. The SMILES string of the molecule is CC(CCc1ccc(C(N)=O)cc1)N(CC(O)c1cc(Cl)c(N)c(Cl)c1)C[C@H](O)c1cc(Cl)c(N)c(Cl)c1. The number of halogens is 4. The van der Waals surface area contributed by atoms with Gasteiger partial charge >= 0.3 is 0 Å². The van der Waals surface area contributed by atoms with Crippen molar-refractivity contribution in [1.82, 2.24) is 4.90 Å². The van der Waals surface area contributed by atoms with Gasteiger partial charge in [0.25, 0.3) is 0 Å². The Morgan fingerprint density at radius 3 is 1.58 bits per heavy atom. The zero-order valence-electron chi connectivity index (χ0n) is 20.7. The zero-order valence-corrected chi connectivity index (χ0v) is 23.7. The van der Waals surface area contributed by atoms with Crippen LogP contribution in [0, 0.1) is 0 Å². The predicted octanol–water partition coefficient (Wildman–Crippen LogP) is 5.65. The van der Waals surface area contributed by atoms with Gasteiger partial charge in [-0.25, -0.2) is 0 Å². The topological polar surface area (TPSA) is 139 Å². The van der Waals surface area contributed by atoms with Crippen molar-refractivity contribution in [3.63, 3.8) is 0 Å². The van der Waals surface area contributed by atoms with E-state index in [9.17, 15) is 15.0 Å². The average molecular weight is 600 g/mol. The highest BCUT2D eigenvalue weighted by atomic mass is 35.5. The van der Waals surface area contributed by atoms with Crippen molar-refractivity contribution in [1.29, 1.82) is 0 Å². The molecule has 204 valence electrons. The molecule has 0 bridgehead atoms. The third-order valence-electron chi connectivity index (χ3n) is 6.50. The number of nitrogens with two attached hydrogens (primary N) is 3. The van der Waals surface area contributed by atoms with Crippen molar-refractivity contribution < 1.29 is 15.0 Å². The van der Waals surface area contributed by atoms with Crippen LogP contribution in [0.2, 0.25) is 20.1 Å². The van der Waals surface area contributed by atoms with Crippen molar-refractivity contribution in [2.45, 2.75) is 38.0 Å². The number of hydrogen-bond acceptors (Lipinski definition) is 6. The number of anilines is 2. The summed E-state index contributed by atoms with van der Waals surface area (Å²) in [4.78, 5) is 13.3. The number of benzene rings is 3. The van der Waals surface area contributed by atoms with Crippen LogP contribution in [-0.2, 0) is 6.42 Å². The van der Waals surface area contributed by atoms with Gasteiger partial charge in [-0.1, -0.05) is 58.5 Å². The van der Waals surface area contributed by atoms with E-state index in [4.69, 9.17) is 63.6 Å². The number of carbonyl (C=O) groups excluding carboxylic acids is 1. The van der Waals surface area contributed by atoms with Gasteiger partial charge in [-0.2, -0.15) is 0 Å². The van der Waals surface area contributed by atoms with Gasteiger partial charge in [0.1, 0.15) is 0 Å². The Hall–Kier alpha value is -2.23. The maximum Gasteiger partial charge on any atom is 0.248 e. The van der Waals surface area contributed by atoms with Crippen molar-refractivity contribution in [2.75, 3.05) is 24.6 Å². The molecule has 11 heteroatoms. The lowest BCUT2D eigenvalue weighted by molar-refractivity contribution is 0.0460. The standard InChI is InChI=1S/C27H30Cl4N4O3/c1-14(2-3-15-4-6-16(7-5-15)27(34)38)35(12-23(36)17-8-19(28)25(32)20(29)9-17)13-24(37)18-10-21(30)26(33)22(31)11-18/h4-11,14,23-24,36-37H,2-3,12-13,32-33H2,1H3,(H2,34,38)/t14?,23-,24?/m0/s1. The minimum absolute atomic E-state index is 0.0745. The van der Waals surface area contributed by atoms with Crippen molar-refractivity contribution in [3.05, 3.63) is 90.9 Å². The number of nitrogen functional groups attached to an aromatic ring is 2. The van der Waals surface area contributed by atoms with Crippen LogP contribution >= 0.6 is 46.4 Å². The number of aliphatic hydroxyl groups is 2. The molecular formula is C27H30Cl4N4O3. The van der Waals surface area contributed by atoms with Gasteiger partial charge in [-0.15, -0.1) is 0 Å². The maximum absolute atomic E-state index is 11.3. The fourth-order valence-electron chi connectivity index (χ4n) is 4.08. The molecule has 0 radical (unpaired) electrons. The smallest absolute Gasteiger partial charge is 0.248 e. The third kappa shape index (κ3) is 7.67. The highest BCUT2D eigenvalue weighted by Gasteiger charge is 2.24. The number of amides is 1. The molecule has 3 rings (SSSR count). The van der Waals surface area contributed by atoms with Crippen molar-refractivity contribution >= 4 is 63.7 Å². The molecule has 3 aromatic rings. The van der Waals surface area contributed by atoms with E-state index in [1.807, 2.05) is 24.0 Å². The van der Waals surface area contributed by atoms with Crippen LogP contribution in [0.3, 0.4) is 0 Å². The van der Waals surface area contributed by atoms with E-state index in [2.05, 4.69) is 0 Å². The van der Waals surface area contributed by atoms with Crippen LogP contribution < -0.4 is 17.2 Å². The number of carbonyl (C=O) groups is 1. The second-order valence-corrected chi connectivity index (χ2v) is 10.9. The van der Waals surface area contributed by atoms with E-state index in [0.29, 0.717) is 29.5 Å². The molecule has 7 nitrogen and oxygen atoms in total. The molecule has 3 atom stereocenters. The maximum atomic E-state index is 11.3. The van der Waals surface area contributed by atoms with Crippen LogP contribution in [0.4, 0.5) is 11.4 Å². The van der Waals surface area contributed by atoms with Gasteiger partial charge in [0.05, 0.1) is 43.7 Å². The van der Waals surface area contributed by atoms with Crippen LogP contribution in [-0.4, -0.2) is 40.2 Å². The fraction of sp³-hybridized carbons (Fsp3) is 0.296. The van der Waals surface area contributed by atoms with Gasteiger partial charge in [0.15, 0.2) is 0 Å². The molecule has 0 saturated heterocycles. The summed E-state index contributed by atoms with van der Waals surface area (Å²) >= 11 is 24.7. The zero-order chi connectivity index (χ0) is 28.1. The lowest BCUT2D eigenvalue weighted by Crippen LogP contribution is -2.39. The molecule has 0 spiro atoms. The normalized spacial score (nSPS) is 13.9. The minimum Gasteiger partial charge on any atom is -0.396 e. The summed E-state index contributed by atoms with van der Waals surface area (Å²) in [5.74, 6) is -0.482. The number of primary amides is 1. The third-order valence-corrected chi connectivity index (χ3v) is 7.75. The summed E-state index contributed by atoms with van der Waals surface area (Å²) in [6.45, 7) is 2.35. The van der Waals surface area contributed by atoms with E-state index in [0.717, 1.165) is 5.56 Å². The van der Waals surface area contributed by atoms with Gasteiger partial charge in [0.2, 0.25) is 5.91 Å². The number of nitrogens with zero attached hydrogens (tertiary/aromatic N) is 1. The lowest BCUT2D eigenvalue weighted by Gasteiger charge is -2.33. The summed E-state index contributed by atoms with van der Waals surface area (Å²) in [6.07, 6.45) is -0.536. The van der Waals surface area contributed by atoms with Gasteiger partial charge in [0, 0.05) is 24.7 Å². The largest absolute Gasteiger partial charge is 0.396 e. The first-order chi connectivity index (χ1) is 17.9. The van der Waals surface area contributed by atoms with E-state index in [-0.39, 0.29) is 50.6 Å². The molecule has 0 aliphatic carbocycles. The molecule has 0 saturated carbocycles. The highest BCUT2D eigenvalue weighted by Crippen LogP contribution is 2.34. The lowest BCUT2D eigenvalue weighted by atomic mass is 10.0. The van der Waals surface area contributed by atoms with Crippen LogP contribution in [0.5, 0.6) is 0 Å². The summed E-state index contributed by atoms with van der Waals surface area (Å²) in [5, 5.41) is 23.1. The molecule has 0 aliphatic heterocycles. The molecular weight excluding hydrogens is 570 g/mol. The Morgan fingerprint density at radius 2 is 1.21 bits per heavy atom. The molecule has 2 unspecified atom stereocenters. The Kier molecular flexibility index (Phi) is 10.5. The number of aryl methyl sites for hydroxylation is 1. The van der Waals surface area contributed by atoms with Gasteiger partial charge in [-0.3, -0.25) is 9.69 Å². The second kappa shape index (κ2) is 13.2. The predicted molar refractivity (Wildman–Crippen MR) is 156 cm³/mol. The first kappa shape index (κ1) is 30.3. The Morgan fingerprint density at radius 1 is 0.816 bits per heavy atom. The first-order valence-corrected chi connectivity index (χ1v) is 13.4. The van der Waals surface area contributed by atoms with E-state index >= 15 is 0 Å². The minimum atomic E-state index is -0.964. The molecule has 0 fully saturated rings. The number of aliphatic hydroxyl groups excluding tert-OH is 2. The summed E-state index contributed by atoms with van der Waals surface area (Å²) in [5.41, 5.74) is 20.0.